The molecule has 0 saturated carbocycles. The molecule has 0 unspecified atom stereocenters. The van der Waals surface area contributed by atoms with Crippen molar-refractivity contribution in [3.8, 4) is 6.07 Å². The first-order valence-corrected chi connectivity index (χ1v) is 13.4. The molecule has 2 fully saturated rings. The molecule has 198 valence electrons. The lowest BCUT2D eigenvalue weighted by Crippen LogP contribution is -2.50. The monoisotopic (exact) mass is 505 g/mol. The fraction of sp³-hybridized carbons (Fsp3) is 0.571. The number of nitrogens with zero attached hydrogens (tertiary/aromatic N) is 6. The van der Waals surface area contributed by atoms with Gasteiger partial charge in [-0.05, 0) is 57.9 Å². The van der Waals surface area contributed by atoms with Crippen LogP contribution < -0.4 is 15.1 Å². The smallest absolute Gasteiger partial charge is 0.410 e. The molecule has 0 atom stereocenters. The number of carbonyl (C=O) groups is 1. The molecule has 2 aliphatic rings. The maximum absolute atomic E-state index is 12.3. The molecule has 4 rings (SSSR count). The molecule has 1 aromatic heterocycles. The van der Waals surface area contributed by atoms with E-state index in [0.29, 0.717) is 18.9 Å². The summed E-state index contributed by atoms with van der Waals surface area (Å²) in [6.07, 6.45) is 8.86. The van der Waals surface area contributed by atoms with Crippen molar-refractivity contribution >= 4 is 29.1 Å². The Morgan fingerprint density at radius 1 is 0.919 bits per heavy atom. The molecular formula is C28H39N7O2. The van der Waals surface area contributed by atoms with E-state index in [1.165, 1.54) is 25.7 Å². The van der Waals surface area contributed by atoms with Crippen LogP contribution in [-0.4, -0.2) is 65.8 Å². The van der Waals surface area contributed by atoms with E-state index < -0.39 is 5.60 Å². The highest BCUT2D eigenvalue weighted by Crippen LogP contribution is 2.25. The molecule has 2 aliphatic heterocycles. The zero-order valence-corrected chi connectivity index (χ0v) is 22.4. The number of hydrogen-bond acceptors (Lipinski definition) is 8. The Morgan fingerprint density at radius 3 is 2.14 bits per heavy atom. The number of aromatic nitrogens is 2. The summed E-state index contributed by atoms with van der Waals surface area (Å²) in [5.41, 5.74) is 1.74. The second kappa shape index (κ2) is 12.1. The zero-order valence-electron chi connectivity index (χ0n) is 22.4. The van der Waals surface area contributed by atoms with Gasteiger partial charge in [0.2, 0.25) is 0 Å². The highest BCUT2D eigenvalue weighted by Gasteiger charge is 2.26. The molecule has 0 aliphatic carbocycles. The number of nitrogens with one attached hydrogen (secondary N) is 1. The Bertz CT molecular complexity index is 1070. The van der Waals surface area contributed by atoms with Gasteiger partial charge in [0, 0.05) is 50.6 Å². The van der Waals surface area contributed by atoms with Crippen LogP contribution >= 0.6 is 0 Å². The molecule has 0 spiro atoms. The predicted molar refractivity (Wildman–Crippen MR) is 146 cm³/mol. The van der Waals surface area contributed by atoms with Crippen molar-refractivity contribution in [2.24, 2.45) is 0 Å². The first kappa shape index (κ1) is 26.5. The molecule has 9 heteroatoms. The largest absolute Gasteiger partial charge is 0.444 e. The van der Waals surface area contributed by atoms with E-state index in [1.807, 2.05) is 32.9 Å². The van der Waals surface area contributed by atoms with Crippen molar-refractivity contribution in [3.63, 3.8) is 0 Å². The van der Waals surface area contributed by atoms with Gasteiger partial charge in [0.25, 0.3) is 0 Å². The van der Waals surface area contributed by atoms with E-state index >= 15 is 0 Å². The van der Waals surface area contributed by atoms with Gasteiger partial charge in [-0.25, -0.2) is 14.8 Å². The lowest BCUT2D eigenvalue weighted by molar-refractivity contribution is 0.0240. The minimum absolute atomic E-state index is 0.255. The first-order valence-electron chi connectivity index (χ1n) is 13.4. The second-order valence-corrected chi connectivity index (χ2v) is 10.8. The SMILES string of the molecule is CC(C)(C)OC(=O)N1CCN(c2ccc(Nc3nc(N4CCCCCCCC4)cnc3C#N)cc2)CC1. The van der Waals surface area contributed by atoms with Crippen LogP contribution in [0.1, 0.15) is 65.0 Å². The van der Waals surface area contributed by atoms with E-state index in [2.05, 4.69) is 38.3 Å². The van der Waals surface area contributed by atoms with Crippen LogP contribution in [0.5, 0.6) is 0 Å². The molecule has 1 aromatic carbocycles. The molecule has 0 bridgehead atoms. The molecule has 1 N–H and O–H groups in total. The van der Waals surface area contributed by atoms with Crippen molar-refractivity contribution in [1.82, 2.24) is 14.9 Å². The summed E-state index contributed by atoms with van der Waals surface area (Å²) in [7, 11) is 0. The van der Waals surface area contributed by atoms with E-state index in [9.17, 15) is 10.1 Å². The third-order valence-electron chi connectivity index (χ3n) is 6.72. The van der Waals surface area contributed by atoms with Crippen LogP contribution in [0.3, 0.4) is 0 Å². The van der Waals surface area contributed by atoms with Crippen molar-refractivity contribution < 1.29 is 9.53 Å². The molecule has 1 amide bonds. The number of anilines is 4. The van der Waals surface area contributed by atoms with E-state index in [0.717, 1.165) is 56.2 Å². The minimum Gasteiger partial charge on any atom is -0.444 e. The van der Waals surface area contributed by atoms with Crippen LogP contribution in [0, 0.1) is 11.3 Å². The van der Waals surface area contributed by atoms with E-state index in [1.54, 1.807) is 11.1 Å². The molecular weight excluding hydrogens is 466 g/mol. The number of benzene rings is 1. The summed E-state index contributed by atoms with van der Waals surface area (Å²) in [5.74, 6) is 1.31. The average Bonchev–Trinajstić information content (AvgIpc) is 3.02. The van der Waals surface area contributed by atoms with Gasteiger partial charge in [0.15, 0.2) is 11.5 Å². The molecule has 0 radical (unpaired) electrons. The van der Waals surface area contributed by atoms with Gasteiger partial charge in [-0.2, -0.15) is 5.26 Å². The highest BCUT2D eigenvalue weighted by atomic mass is 16.6. The quantitative estimate of drug-likeness (QED) is 0.597. The van der Waals surface area contributed by atoms with Crippen LogP contribution in [0.25, 0.3) is 0 Å². The van der Waals surface area contributed by atoms with Gasteiger partial charge in [-0.15, -0.1) is 0 Å². The van der Waals surface area contributed by atoms with Crippen molar-refractivity contribution in [3.05, 3.63) is 36.2 Å². The van der Waals surface area contributed by atoms with Gasteiger partial charge < -0.3 is 24.8 Å². The molecule has 9 nitrogen and oxygen atoms in total. The minimum atomic E-state index is -0.488. The number of rotatable bonds is 4. The maximum Gasteiger partial charge on any atom is 0.410 e. The predicted octanol–water partition coefficient (Wildman–Crippen LogP) is 5.31. The number of ether oxygens (including phenoxy) is 1. The van der Waals surface area contributed by atoms with Crippen LogP contribution in [0.15, 0.2) is 30.5 Å². The maximum atomic E-state index is 12.3. The Balaban J connectivity index is 1.39. The number of nitriles is 1. The summed E-state index contributed by atoms with van der Waals surface area (Å²) < 4.78 is 5.50. The highest BCUT2D eigenvalue weighted by molar-refractivity contribution is 5.69. The van der Waals surface area contributed by atoms with Crippen LogP contribution in [0.4, 0.5) is 27.8 Å². The topological polar surface area (TPSA) is 97.6 Å². The lowest BCUT2D eigenvalue weighted by Gasteiger charge is -2.36. The van der Waals surface area contributed by atoms with Gasteiger partial charge in [-0.3, -0.25) is 0 Å². The van der Waals surface area contributed by atoms with Crippen molar-refractivity contribution in [1.29, 1.82) is 5.26 Å². The lowest BCUT2D eigenvalue weighted by atomic mass is 10.1. The fourth-order valence-corrected chi connectivity index (χ4v) is 4.72. The number of hydrogen-bond donors (Lipinski definition) is 1. The zero-order chi connectivity index (χ0) is 26.3. The number of piperazine rings is 1. The van der Waals surface area contributed by atoms with Crippen LogP contribution in [0.2, 0.25) is 0 Å². The van der Waals surface area contributed by atoms with Crippen molar-refractivity contribution in [2.45, 2.75) is 64.9 Å². The summed E-state index contributed by atoms with van der Waals surface area (Å²) in [5, 5.41) is 12.9. The summed E-state index contributed by atoms with van der Waals surface area (Å²) in [6, 6.07) is 10.3. The molecule has 2 saturated heterocycles. The van der Waals surface area contributed by atoms with Crippen molar-refractivity contribution in [2.75, 3.05) is 54.4 Å². The van der Waals surface area contributed by atoms with E-state index in [-0.39, 0.29) is 11.8 Å². The van der Waals surface area contributed by atoms with Gasteiger partial charge >= 0.3 is 6.09 Å². The van der Waals surface area contributed by atoms with Gasteiger partial charge in [0.05, 0.1) is 6.20 Å². The molecule has 3 heterocycles. The Morgan fingerprint density at radius 2 is 1.54 bits per heavy atom. The summed E-state index contributed by atoms with van der Waals surface area (Å²) in [4.78, 5) is 27.9. The third kappa shape index (κ3) is 7.48. The number of amides is 1. The Labute approximate surface area is 220 Å². The average molecular weight is 506 g/mol. The Kier molecular flexibility index (Phi) is 8.70. The van der Waals surface area contributed by atoms with Crippen LogP contribution in [-0.2, 0) is 4.74 Å². The normalized spacial score (nSPS) is 17.3. The summed E-state index contributed by atoms with van der Waals surface area (Å²) >= 11 is 0. The summed E-state index contributed by atoms with van der Waals surface area (Å²) in [6.45, 7) is 10.3. The molecule has 2 aromatic rings. The standard InChI is InChI=1S/C28H39N7O2/c1-28(2,3)37-27(36)35-18-16-33(17-19-35)23-12-10-22(11-13-23)31-26-24(20-29)30-21-25(32-26)34-14-8-6-4-5-7-9-15-34/h10-13,21H,4-9,14-19H2,1-3H3,(H,31,32). The molecule has 37 heavy (non-hydrogen) atoms. The Hall–Kier alpha value is -3.54. The van der Waals surface area contributed by atoms with E-state index in [4.69, 9.17) is 9.72 Å². The van der Waals surface area contributed by atoms with Gasteiger partial charge in [0.1, 0.15) is 17.5 Å². The first-order chi connectivity index (χ1) is 17.8. The van der Waals surface area contributed by atoms with Gasteiger partial charge in [-0.1, -0.05) is 25.7 Å². The second-order valence-electron chi connectivity index (χ2n) is 10.8. The fourth-order valence-electron chi connectivity index (χ4n) is 4.72. The number of carbonyl (C=O) groups excluding carboxylic acids is 1. The third-order valence-corrected chi connectivity index (χ3v) is 6.72.